The van der Waals surface area contributed by atoms with Crippen LogP contribution in [0.15, 0.2) is 29.4 Å². The average Bonchev–Trinajstić information content (AvgIpc) is 3.18. The Hall–Kier alpha value is -2.20. The largest absolute Gasteiger partial charge is 0.503 e. The maximum Gasteiger partial charge on any atom is 0.265 e. The van der Waals surface area contributed by atoms with Crippen LogP contribution in [0.1, 0.15) is 12.5 Å². The van der Waals surface area contributed by atoms with Crippen LogP contribution in [0.4, 0.5) is 14.5 Å². The number of aromatic nitrogens is 2. The maximum atomic E-state index is 13.7. The zero-order valence-corrected chi connectivity index (χ0v) is 12.6. The van der Waals surface area contributed by atoms with E-state index in [0.717, 1.165) is 24.8 Å². The van der Waals surface area contributed by atoms with E-state index in [-0.39, 0.29) is 10.9 Å². The summed E-state index contributed by atoms with van der Waals surface area (Å²) in [5.74, 6) is -3.81. The molecule has 1 aliphatic heterocycles. The van der Waals surface area contributed by atoms with Crippen molar-refractivity contribution in [1.29, 1.82) is 0 Å². The van der Waals surface area contributed by atoms with E-state index >= 15 is 0 Å². The Kier molecular flexibility index (Phi) is 3.94. The predicted molar refractivity (Wildman–Crippen MR) is 75.5 cm³/mol. The minimum atomic E-state index is -4.12. The zero-order chi connectivity index (χ0) is 16.6. The number of phenolic OH excluding ortho intramolecular Hbond substituents is 1. The van der Waals surface area contributed by atoms with Gasteiger partial charge in [-0.1, -0.05) is 0 Å². The first-order chi connectivity index (χ1) is 10.9. The van der Waals surface area contributed by atoms with Crippen molar-refractivity contribution < 1.29 is 27.0 Å². The average molecular weight is 345 g/mol. The monoisotopic (exact) mass is 345 g/mol. The summed E-state index contributed by atoms with van der Waals surface area (Å²) in [5.41, 5.74) is -0.555. The molecule has 10 heteroatoms. The molecule has 0 amide bonds. The molecule has 7 nitrogen and oxygen atoms in total. The molecule has 0 radical (unpaired) electrons. The van der Waals surface area contributed by atoms with Crippen LogP contribution in [0.3, 0.4) is 0 Å². The van der Waals surface area contributed by atoms with Crippen molar-refractivity contribution in [3.05, 3.63) is 36.2 Å². The summed E-state index contributed by atoms with van der Waals surface area (Å²) < 4.78 is 59.8. The van der Waals surface area contributed by atoms with Gasteiger partial charge in [0.05, 0.1) is 24.5 Å². The highest BCUT2D eigenvalue weighted by Gasteiger charge is 2.24. The van der Waals surface area contributed by atoms with Gasteiger partial charge in [0, 0.05) is 12.8 Å². The Morgan fingerprint density at radius 3 is 2.87 bits per heavy atom. The molecular formula is C13H13F2N3O4S. The van der Waals surface area contributed by atoms with E-state index in [4.69, 9.17) is 4.74 Å². The minimum Gasteiger partial charge on any atom is -0.503 e. The van der Waals surface area contributed by atoms with E-state index in [1.807, 2.05) is 4.72 Å². The van der Waals surface area contributed by atoms with E-state index in [1.54, 1.807) is 0 Å². The number of hydrogen-bond acceptors (Lipinski definition) is 5. The highest BCUT2D eigenvalue weighted by molar-refractivity contribution is 7.92. The van der Waals surface area contributed by atoms with Gasteiger partial charge < -0.3 is 9.84 Å². The van der Waals surface area contributed by atoms with Gasteiger partial charge in [-0.3, -0.25) is 9.40 Å². The molecule has 1 saturated heterocycles. The maximum absolute atomic E-state index is 13.7. The number of halogens is 2. The number of phenols is 1. The van der Waals surface area contributed by atoms with Crippen LogP contribution in [0.5, 0.6) is 5.75 Å². The summed E-state index contributed by atoms with van der Waals surface area (Å²) in [6, 6.07) is 1.60. The van der Waals surface area contributed by atoms with Gasteiger partial charge in [0.15, 0.2) is 17.4 Å². The van der Waals surface area contributed by atoms with Gasteiger partial charge in [-0.2, -0.15) is 5.10 Å². The van der Waals surface area contributed by atoms with Crippen LogP contribution >= 0.6 is 0 Å². The first-order valence-corrected chi connectivity index (χ1v) is 8.18. The normalized spacial score (nSPS) is 18.3. The summed E-state index contributed by atoms with van der Waals surface area (Å²) in [6.07, 6.45) is 3.15. The molecule has 0 saturated carbocycles. The van der Waals surface area contributed by atoms with E-state index in [1.165, 1.54) is 10.9 Å². The highest BCUT2D eigenvalue weighted by Crippen LogP contribution is 2.28. The second-order valence-corrected chi connectivity index (χ2v) is 6.72. The Morgan fingerprint density at radius 2 is 2.17 bits per heavy atom. The molecular weight excluding hydrogens is 332 g/mol. The van der Waals surface area contributed by atoms with Crippen LogP contribution in [0.2, 0.25) is 0 Å². The van der Waals surface area contributed by atoms with Crippen LogP contribution < -0.4 is 4.72 Å². The molecule has 1 aliphatic rings. The quantitative estimate of drug-likeness (QED) is 0.878. The molecule has 1 unspecified atom stereocenters. The number of hydrogen-bond donors (Lipinski definition) is 2. The Labute approximate surface area is 130 Å². The second-order valence-electron chi connectivity index (χ2n) is 5.04. The van der Waals surface area contributed by atoms with E-state index in [0.29, 0.717) is 13.2 Å². The summed E-state index contributed by atoms with van der Waals surface area (Å²) in [5, 5.41) is 13.2. The van der Waals surface area contributed by atoms with Crippen LogP contribution in [-0.4, -0.2) is 36.5 Å². The fourth-order valence-corrected chi connectivity index (χ4v) is 3.21. The molecule has 1 atom stereocenters. The third kappa shape index (κ3) is 2.99. The lowest BCUT2D eigenvalue weighted by Crippen LogP contribution is -2.14. The SMILES string of the molecule is O=S(=O)(Nc1ccc(F)c(O)c1F)c1cnn(C2CCOC2)c1. The number of anilines is 1. The molecule has 124 valence electrons. The van der Waals surface area contributed by atoms with Crippen molar-refractivity contribution in [3.63, 3.8) is 0 Å². The Bertz CT molecular complexity index is 832. The summed E-state index contributed by atoms with van der Waals surface area (Å²) >= 11 is 0. The molecule has 1 aromatic heterocycles. The predicted octanol–water partition coefficient (Wildman–Crippen LogP) is 1.63. The molecule has 2 N–H and O–H groups in total. The number of ether oxygens (including phenoxy) is 1. The third-order valence-corrected chi connectivity index (χ3v) is 4.80. The number of aromatic hydroxyl groups is 1. The fourth-order valence-electron chi connectivity index (χ4n) is 2.21. The molecule has 0 spiro atoms. The molecule has 2 heterocycles. The molecule has 2 aromatic rings. The van der Waals surface area contributed by atoms with Crippen LogP contribution in [0, 0.1) is 11.6 Å². The van der Waals surface area contributed by atoms with Crippen molar-refractivity contribution in [2.75, 3.05) is 17.9 Å². The third-order valence-electron chi connectivity index (χ3n) is 3.48. The van der Waals surface area contributed by atoms with Crippen molar-refractivity contribution in [2.24, 2.45) is 0 Å². The summed E-state index contributed by atoms with van der Waals surface area (Å²) in [6.45, 7) is 1.01. The first-order valence-electron chi connectivity index (χ1n) is 6.70. The number of nitrogens with zero attached hydrogens (tertiary/aromatic N) is 2. The number of rotatable bonds is 4. The smallest absolute Gasteiger partial charge is 0.265 e. The van der Waals surface area contributed by atoms with Crippen LogP contribution in [0.25, 0.3) is 0 Å². The van der Waals surface area contributed by atoms with E-state index < -0.39 is 33.1 Å². The van der Waals surface area contributed by atoms with Gasteiger partial charge in [-0.05, 0) is 18.6 Å². The molecule has 1 aromatic carbocycles. The van der Waals surface area contributed by atoms with Crippen molar-refractivity contribution in [3.8, 4) is 5.75 Å². The minimum absolute atomic E-state index is 0.0504. The number of benzene rings is 1. The summed E-state index contributed by atoms with van der Waals surface area (Å²) in [4.78, 5) is -0.174. The number of sulfonamides is 1. The van der Waals surface area contributed by atoms with E-state index in [9.17, 15) is 22.3 Å². The van der Waals surface area contributed by atoms with Gasteiger partial charge in [0.25, 0.3) is 10.0 Å². The van der Waals surface area contributed by atoms with Crippen molar-refractivity contribution in [1.82, 2.24) is 9.78 Å². The van der Waals surface area contributed by atoms with E-state index in [2.05, 4.69) is 5.10 Å². The molecule has 23 heavy (non-hydrogen) atoms. The van der Waals surface area contributed by atoms with Gasteiger partial charge in [-0.25, -0.2) is 17.2 Å². The summed E-state index contributed by atoms with van der Waals surface area (Å²) in [7, 11) is -4.12. The van der Waals surface area contributed by atoms with Crippen molar-refractivity contribution >= 4 is 15.7 Å². The van der Waals surface area contributed by atoms with Crippen LogP contribution in [-0.2, 0) is 14.8 Å². The highest BCUT2D eigenvalue weighted by atomic mass is 32.2. The fraction of sp³-hybridized carbons (Fsp3) is 0.308. The second kappa shape index (κ2) is 5.78. The lowest BCUT2D eigenvalue weighted by atomic mass is 10.3. The lowest BCUT2D eigenvalue weighted by molar-refractivity contribution is 0.184. The van der Waals surface area contributed by atoms with Gasteiger partial charge in [0.1, 0.15) is 4.90 Å². The lowest BCUT2D eigenvalue weighted by Gasteiger charge is -2.09. The number of nitrogens with one attached hydrogen (secondary N) is 1. The first kappa shape index (κ1) is 15.7. The molecule has 0 aliphatic carbocycles. The zero-order valence-electron chi connectivity index (χ0n) is 11.7. The Balaban J connectivity index is 1.86. The topological polar surface area (TPSA) is 93.5 Å². The van der Waals surface area contributed by atoms with Gasteiger partial charge >= 0.3 is 0 Å². The van der Waals surface area contributed by atoms with Gasteiger partial charge in [0.2, 0.25) is 0 Å². The molecule has 1 fully saturated rings. The molecule has 0 bridgehead atoms. The van der Waals surface area contributed by atoms with Crippen molar-refractivity contribution in [2.45, 2.75) is 17.4 Å². The van der Waals surface area contributed by atoms with Gasteiger partial charge in [-0.15, -0.1) is 0 Å². The standard InChI is InChI=1S/C13H13F2N3O4S/c14-10-1-2-11(12(15)13(10)19)17-23(20,21)9-5-16-18(6-9)8-3-4-22-7-8/h1-2,5-6,8,17,19H,3-4,7H2. The Morgan fingerprint density at radius 1 is 1.39 bits per heavy atom. The molecule has 3 rings (SSSR count).